The number of ether oxygens (including phenoxy) is 1. The third-order valence-corrected chi connectivity index (χ3v) is 5.71. The number of hydrogen-bond donors (Lipinski definition) is 1. The minimum absolute atomic E-state index is 0.156. The summed E-state index contributed by atoms with van der Waals surface area (Å²) in [6.07, 6.45) is 5.10. The van der Waals surface area contributed by atoms with Crippen LogP contribution in [0.25, 0.3) is 11.0 Å². The SMILES string of the molecule is Cc1ccc(OCCCCn2c(C(C)NC(=O)c3cccnc3)nc3ccccc32)c(C)c1. The van der Waals surface area contributed by atoms with Gasteiger partial charge in [0.05, 0.1) is 29.2 Å². The third-order valence-electron chi connectivity index (χ3n) is 5.71. The number of aromatic nitrogens is 3. The zero-order valence-corrected chi connectivity index (χ0v) is 19.4. The van der Waals surface area contributed by atoms with Gasteiger partial charge in [-0.25, -0.2) is 4.98 Å². The molecule has 2 aromatic heterocycles. The molecule has 170 valence electrons. The lowest BCUT2D eigenvalue weighted by atomic mass is 10.1. The lowest BCUT2D eigenvalue weighted by Crippen LogP contribution is -2.28. The minimum atomic E-state index is -0.239. The molecule has 0 saturated heterocycles. The fourth-order valence-electron chi connectivity index (χ4n) is 4.02. The number of carbonyl (C=O) groups excluding carboxylic acids is 1. The monoisotopic (exact) mass is 442 g/mol. The molecule has 2 aromatic carbocycles. The van der Waals surface area contributed by atoms with E-state index in [-0.39, 0.29) is 11.9 Å². The normalized spacial score (nSPS) is 12.0. The Labute approximate surface area is 194 Å². The average molecular weight is 443 g/mol. The van der Waals surface area contributed by atoms with Gasteiger partial charge >= 0.3 is 0 Å². The van der Waals surface area contributed by atoms with Crippen molar-refractivity contribution < 1.29 is 9.53 Å². The number of aryl methyl sites for hydroxylation is 3. The van der Waals surface area contributed by atoms with Crippen LogP contribution in [-0.4, -0.2) is 27.0 Å². The van der Waals surface area contributed by atoms with Gasteiger partial charge in [-0.3, -0.25) is 9.78 Å². The Morgan fingerprint density at radius 1 is 1.09 bits per heavy atom. The molecule has 1 amide bonds. The second kappa shape index (κ2) is 10.3. The highest BCUT2D eigenvalue weighted by atomic mass is 16.5. The first-order valence-electron chi connectivity index (χ1n) is 11.4. The van der Waals surface area contributed by atoms with Crippen LogP contribution < -0.4 is 10.1 Å². The molecule has 6 heteroatoms. The van der Waals surface area contributed by atoms with Gasteiger partial charge < -0.3 is 14.6 Å². The highest BCUT2D eigenvalue weighted by molar-refractivity contribution is 5.94. The number of carbonyl (C=O) groups is 1. The van der Waals surface area contributed by atoms with Gasteiger partial charge in [-0.1, -0.05) is 29.8 Å². The van der Waals surface area contributed by atoms with E-state index >= 15 is 0 Å². The summed E-state index contributed by atoms with van der Waals surface area (Å²) in [6, 6.07) is 17.6. The second-order valence-electron chi connectivity index (χ2n) is 8.37. The van der Waals surface area contributed by atoms with E-state index in [1.807, 2.05) is 31.2 Å². The highest BCUT2D eigenvalue weighted by Gasteiger charge is 2.19. The lowest BCUT2D eigenvalue weighted by molar-refractivity contribution is 0.0937. The predicted octanol–water partition coefficient (Wildman–Crippen LogP) is 5.40. The van der Waals surface area contributed by atoms with Crippen LogP contribution in [0.2, 0.25) is 0 Å². The van der Waals surface area contributed by atoms with Gasteiger partial charge in [-0.05, 0) is 69.5 Å². The Kier molecular flexibility index (Phi) is 7.03. The Bertz CT molecular complexity index is 1230. The predicted molar refractivity (Wildman–Crippen MR) is 130 cm³/mol. The quantitative estimate of drug-likeness (QED) is 0.353. The summed E-state index contributed by atoms with van der Waals surface area (Å²) in [7, 11) is 0. The number of amides is 1. The number of para-hydroxylation sites is 2. The second-order valence-corrected chi connectivity index (χ2v) is 8.37. The first kappa shape index (κ1) is 22.5. The van der Waals surface area contributed by atoms with Crippen molar-refractivity contribution in [2.75, 3.05) is 6.61 Å². The van der Waals surface area contributed by atoms with Crippen LogP contribution in [0.4, 0.5) is 0 Å². The standard InChI is InChI=1S/C27H30N4O2/c1-19-12-13-25(20(2)17-19)33-16-7-6-15-31-24-11-5-4-10-23(24)30-26(31)21(3)29-27(32)22-9-8-14-28-18-22/h4-5,8-14,17-18,21H,6-7,15-16H2,1-3H3,(H,29,32). The fraction of sp³-hybridized carbons (Fsp3) is 0.296. The van der Waals surface area contributed by atoms with Crippen LogP contribution in [0.3, 0.4) is 0 Å². The minimum Gasteiger partial charge on any atom is -0.493 e. The number of rotatable bonds is 9. The van der Waals surface area contributed by atoms with E-state index in [0.29, 0.717) is 12.2 Å². The van der Waals surface area contributed by atoms with Crippen LogP contribution in [0.15, 0.2) is 67.0 Å². The number of unbranched alkanes of at least 4 members (excludes halogenated alkanes) is 1. The van der Waals surface area contributed by atoms with E-state index in [4.69, 9.17) is 9.72 Å². The van der Waals surface area contributed by atoms with E-state index in [1.54, 1.807) is 24.5 Å². The summed E-state index contributed by atoms with van der Waals surface area (Å²) < 4.78 is 8.20. The summed E-state index contributed by atoms with van der Waals surface area (Å²) in [5.41, 5.74) is 4.95. The molecule has 0 saturated carbocycles. The van der Waals surface area contributed by atoms with Crippen molar-refractivity contribution in [2.24, 2.45) is 0 Å². The van der Waals surface area contributed by atoms with E-state index in [0.717, 1.165) is 47.6 Å². The summed E-state index contributed by atoms with van der Waals surface area (Å²) in [4.78, 5) is 21.5. The van der Waals surface area contributed by atoms with Gasteiger partial charge in [0, 0.05) is 18.9 Å². The van der Waals surface area contributed by atoms with Crippen molar-refractivity contribution in [1.29, 1.82) is 0 Å². The molecule has 4 rings (SSSR count). The number of hydrogen-bond acceptors (Lipinski definition) is 4. The molecule has 1 N–H and O–H groups in total. The number of fused-ring (bicyclic) bond motifs is 1. The third kappa shape index (κ3) is 5.40. The van der Waals surface area contributed by atoms with Gasteiger partial charge in [0.2, 0.25) is 0 Å². The van der Waals surface area contributed by atoms with Crippen molar-refractivity contribution in [3.8, 4) is 5.75 Å². The smallest absolute Gasteiger partial charge is 0.253 e. The number of imidazole rings is 1. The molecule has 1 unspecified atom stereocenters. The van der Waals surface area contributed by atoms with E-state index in [2.05, 4.69) is 46.9 Å². The van der Waals surface area contributed by atoms with E-state index < -0.39 is 0 Å². The molecule has 33 heavy (non-hydrogen) atoms. The van der Waals surface area contributed by atoms with Crippen molar-refractivity contribution in [3.63, 3.8) is 0 Å². The van der Waals surface area contributed by atoms with Crippen molar-refractivity contribution >= 4 is 16.9 Å². The molecule has 0 radical (unpaired) electrons. The molecular formula is C27H30N4O2. The maximum atomic E-state index is 12.6. The summed E-state index contributed by atoms with van der Waals surface area (Å²) >= 11 is 0. The van der Waals surface area contributed by atoms with Gasteiger partial charge in [-0.2, -0.15) is 0 Å². The Balaban J connectivity index is 1.42. The maximum Gasteiger partial charge on any atom is 0.253 e. The molecule has 0 aliphatic carbocycles. The van der Waals surface area contributed by atoms with Gasteiger partial charge in [0.1, 0.15) is 11.6 Å². The molecule has 4 aromatic rings. The molecule has 6 nitrogen and oxygen atoms in total. The van der Waals surface area contributed by atoms with Crippen LogP contribution in [0, 0.1) is 13.8 Å². The summed E-state index contributed by atoms with van der Waals surface area (Å²) in [6.45, 7) is 7.60. The van der Waals surface area contributed by atoms with E-state index in [9.17, 15) is 4.79 Å². The zero-order chi connectivity index (χ0) is 23.2. The molecule has 0 aliphatic heterocycles. The first-order chi connectivity index (χ1) is 16.0. The molecular weight excluding hydrogens is 412 g/mol. The van der Waals surface area contributed by atoms with Crippen molar-refractivity contribution in [3.05, 3.63) is 89.5 Å². The Morgan fingerprint density at radius 3 is 2.73 bits per heavy atom. The molecule has 0 spiro atoms. The van der Waals surface area contributed by atoms with Crippen LogP contribution in [0.5, 0.6) is 5.75 Å². The molecule has 1 atom stereocenters. The van der Waals surface area contributed by atoms with Crippen LogP contribution in [0.1, 0.15) is 53.1 Å². The average Bonchev–Trinajstić information content (AvgIpc) is 3.19. The maximum absolute atomic E-state index is 12.6. The number of pyridine rings is 1. The Morgan fingerprint density at radius 2 is 1.94 bits per heavy atom. The van der Waals surface area contributed by atoms with Crippen LogP contribution >= 0.6 is 0 Å². The topological polar surface area (TPSA) is 69.0 Å². The lowest BCUT2D eigenvalue weighted by Gasteiger charge is -2.16. The van der Waals surface area contributed by atoms with E-state index in [1.165, 1.54) is 5.56 Å². The largest absolute Gasteiger partial charge is 0.493 e. The number of nitrogens with zero attached hydrogens (tertiary/aromatic N) is 3. The van der Waals surface area contributed by atoms with Gasteiger partial charge in [0.15, 0.2) is 0 Å². The number of nitrogens with one attached hydrogen (secondary N) is 1. The van der Waals surface area contributed by atoms with Crippen molar-refractivity contribution in [2.45, 2.75) is 46.2 Å². The first-order valence-corrected chi connectivity index (χ1v) is 11.4. The molecule has 0 aliphatic rings. The summed E-state index contributed by atoms with van der Waals surface area (Å²) in [5, 5.41) is 3.06. The molecule has 0 fully saturated rings. The van der Waals surface area contributed by atoms with Gasteiger partial charge in [-0.15, -0.1) is 0 Å². The summed E-state index contributed by atoms with van der Waals surface area (Å²) in [5.74, 6) is 1.64. The molecule has 0 bridgehead atoms. The van der Waals surface area contributed by atoms with Crippen molar-refractivity contribution in [1.82, 2.24) is 19.9 Å². The van der Waals surface area contributed by atoms with Gasteiger partial charge in [0.25, 0.3) is 5.91 Å². The zero-order valence-electron chi connectivity index (χ0n) is 19.4. The molecule has 2 heterocycles. The highest BCUT2D eigenvalue weighted by Crippen LogP contribution is 2.23. The number of benzene rings is 2. The fourth-order valence-corrected chi connectivity index (χ4v) is 4.02. The van der Waals surface area contributed by atoms with Crippen LogP contribution in [-0.2, 0) is 6.54 Å². The Hall–Kier alpha value is -3.67.